The van der Waals surface area contributed by atoms with Crippen LogP contribution >= 0.6 is 11.3 Å². The molecule has 126 valence electrons. The van der Waals surface area contributed by atoms with Crippen molar-refractivity contribution in [3.63, 3.8) is 0 Å². The van der Waals surface area contributed by atoms with Crippen LogP contribution < -0.4 is 5.32 Å². The Morgan fingerprint density at radius 2 is 1.60 bits per heavy atom. The summed E-state index contributed by atoms with van der Waals surface area (Å²) in [5.41, 5.74) is 2.03. The molecule has 3 nitrogen and oxygen atoms in total. The van der Waals surface area contributed by atoms with E-state index in [1.54, 1.807) is 30.3 Å². The number of thiophene rings is 1. The van der Waals surface area contributed by atoms with Crippen LogP contribution in [0.5, 0.6) is 0 Å². The summed E-state index contributed by atoms with van der Waals surface area (Å²) in [6.07, 6.45) is 0. The molecule has 0 fully saturated rings. The van der Waals surface area contributed by atoms with Gasteiger partial charge < -0.3 is 5.32 Å². The zero-order valence-corrected chi connectivity index (χ0v) is 14.8. The van der Waals surface area contributed by atoms with Gasteiger partial charge in [-0.1, -0.05) is 61.5 Å². The summed E-state index contributed by atoms with van der Waals surface area (Å²) in [6.45, 7) is 2.59. The highest BCUT2D eigenvalue weighted by atomic mass is 32.1. The number of amides is 1. The number of hydrogen-bond acceptors (Lipinski definition) is 3. The molecule has 2 aromatic carbocycles. The summed E-state index contributed by atoms with van der Waals surface area (Å²) < 4.78 is 0. The molecule has 0 saturated carbocycles. The molecule has 1 amide bonds. The molecule has 1 atom stereocenters. The largest absolute Gasteiger partial charge is 0.351 e. The highest BCUT2D eigenvalue weighted by molar-refractivity contribution is 7.12. The Bertz CT molecular complexity index is 857. The molecule has 25 heavy (non-hydrogen) atoms. The van der Waals surface area contributed by atoms with Crippen molar-refractivity contribution in [3.8, 4) is 0 Å². The average molecular weight is 349 g/mol. The molecule has 0 unspecified atom stereocenters. The van der Waals surface area contributed by atoms with E-state index in [9.17, 15) is 9.59 Å². The summed E-state index contributed by atoms with van der Waals surface area (Å²) in [5.74, 6) is -0.134. The summed E-state index contributed by atoms with van der Waals surface area (Å²) in [5, 5.41) is 4.81. The molecule has 1 heterocycles. The summed E-state index contributed by atoms with van der Waals surface area (Å²) in [7, 11) is 0. The van der Waals surface area contributed by atoms with Crippen molar-refractivity contribution in [2.24, 2.45) is 0 Å². The van der Waals surface area contributed by atoms with Crippen LogP contribution in [0.25, 0.3) is 0 Å². The zero-order chi connectivity index (χ0) is 17.6. The van der Waals surface area contributed by atoms with Gasteiger partial charge in [0.15, 0.2) is 0 Å². The predicted molar refractivity (Wildman–Crippen MR) is 101 cm³/mol. The number of nitrogens with one attached hydrogen (secondary N) is 1. The van der Waals surface area contributed by atoms with Gasteiger partial charge in [0, 0.05) is 12.1 Å². The van der Waals surface area contributed by atoms with E-state index in [0.29, 0.717) is 22.5 Å². The fourth-order valence-corrected chi connectivity index (χ4v) is 3.34. The van der Waals surface area contributed by atoms with Gasteiger partial charge in [-0.05, 0) is 29.0 Å². The van der Waals surface area contributed by atoms with Crippen molar-refractivity contribution in [1.29, 1.82) is 0 Å². The van der Waals surface area contributed by atoms with Crippen LogP contribution in [0.2, 0.25) is 0 Å². The third-order valence-electron chi connectivity index (χ3n) is 4.10. The second kappa shape index (κ2) is 7.90. The number of carbonyl (C=O) groups excluding carboxylic acids is 2. The molecule has 1 N–H and O–H groups in total. The maximum Gasteiger partial charge on any atom is 0.252 e. The van der Waals surface area contributed by atoms with Crippen LogP contribution in [-0.4, -0.2) is 18.2 Å². The van der Waals surface area contributed by atoms with Crippen molar-refractivity contribution in [1.82, 2.24) is 5.32 Å². The lowest BCUT2D eigenvalue weighted by Crippen LogP contribution is -2.29. The van der Waals surface area contributed by atoms with Gasteiger partial charge in [0.1, 0.15) is 0 Å². The van der Waals surface area contributed by atoms with Gasteiger partial charge in [-0.15, -0.1) is 11.3 Å². The third-order valence-corrected chi connectivity index (χ3v) is 4.97. The lowest BCUT2D eigenvalue weighted by atomic mass is 10.00. The fourth-order valence-electron chi connectivity index (χ4n) is 2.66. The highest BCUT2D eigenvalue weighted by Gasteiger charge is 2.19. The Labute approximate surface area is 151 Å². The average Bonchev–Trinajstić information content (AvgIpc) is 3.20. The van der Waals surface area contributed by atoms with Gasteiger partial charge in [0.05, 0.1) is 10.4 Å². The van der Waals surface area contributed by atoms with E-state index in [1.807, 2.05) is 41.8 Å². The monoisotopic (exact) mass is 349 g/mol. The minimum absolute atomic E-state index is 0.114. The molecule has 0 aliphatic rings. The van der Waals surface area contributed by atoms with Gasteiger partial charge in [0.25, 0.3) is 5.91 Å². The lowest BCUT2D eigenvalue weighted by Gasteiger charge is -2.14. The van der Waals surface area contributed by atoms with Crippen molar-refractivity contribution in [2.45, 2.75) is 12.8 Å². The number of carbonyl (C=O) groups is 2. The van der Waals surface area contributed by atoms with Crippen molar-refractivity contribution in [3.05, 3.63) is 93.7 Å². The molecule has 0 spiro atoms. The van der Waals surface area contributed by atoms with Gasteiger partial charge in [0.2, 0.25) is 5.78 Å². The van der Waals surface area contributed by atoms with Crippen molar-refractivity contribution in [2.75, 3.05) is 6.54 Å². The number of rotatable bonds is 6. The summed E-state index contributed by atoms with van der Waals surface area (Å²) >= 11 is 1.38. The maximum absolute atomic E-state index is 12.6. The predicted octanol–water partition coefficient (Wildman–Crippen LogP) is 4.51. The van der Waals surface area contributed by atoms with Gasteiger partial charge >= 0.3 is 0 Å². The van der Waals surface area contributed by atoms with Crippen LogP contribution in [0.15, 0.2) is 72.1 Å². The third kappa shape index (κ3) is 4.03. The molecular weight excluding hydrogens is 330 g/mol. The minimum Gasteiger partial charge on any atom is -0.351 e. The van der Waals surface area contributed by atoms with E-state index in [1.165, 1.54) is 16.9 Å². The second-order valence-electron chi connectivity index (χ2n) is 5.87. The van der Waals surface area contributed by atoms with Crippen molar-refractivity contribution >= 4 is 23.0 Å². The van der Waals surface area contributed by atoms with E-state index >= 15 is 0 Å². The second-order valence-corrected chi connectivity index (χ2v) is 6.82. The Kier molecular flexibility index (Phi) is 5.41. The Morgan fingerprint density at radius 3 is 2.28 bits per heavy atom. The topological polar surface area (TPSA) is 46.2 Å². The molecule has 3 rings (SSSR count). The van der Waals surface area contributed by atoms with Crippen molar-refractivity contribution < 1.29 is 9.59 Å². The van der Waals surface area contributed by atoms with Gasteiger partial charge in [-0.3, -0.25) is 9.59 Å². The van der Waals surface area contributed by atoms with E-state index in [4.69, 9.17) is 0 Å². The SMILES string of the molecule is C[C@@H](CNC(=O)c1ccccc1C(=O)c1cccs1)c1ccccc1. The van der Waals surface area contributed by atoms with Crippen LogP contribution in [0.1, 0.15) is 44.0 Å². The molecule has 0 radical (unpaired) electrons. The molecule has 1 aromatic heterocycles. The molecule has 3 aromatic rings. The molecular formula is C21H19NO2S. The first kappa shape index (κ1) is 17.1. The number of benzene rings is 2. The van der Waals surface area contributed by atoms with Gasteiger partial charge in [-0.2, -0.15) is 0 Å². The van der Waals surface area contributed by atoms with Crippen LogP contribution in [0.3, 0.4) is 0 Å². The lowest BCUT2D eigenvalue weighted by molar-refractivity contribution is 0.0940. The van der Waals surface area contributed by atoms with E-state index in [0.717, 1.165) is 0 Å². The first-order chi connectivity index (χ1) is 12.2. The molecule has 0 saturated heterocycles. The quantitative estimate of drug-likeness (QED) is 0.666. The Balaban J connectivity index is 1.73. The molecule has 0 bridgehead atoms. The van der Waals surface area contributed by atoms with E-state index in [2.05, 4.69) is 12.2 Å². The van der Waals surface area contributed by atoms with Crippen LogP contribution in [0.4, 0.5) is 0 Å². The fraction of sp³-hybridized carbons (Fsp3) is 0.143. The summed E-state index contributed by atoms with van der Waals surface area (Å²) in [6, 6.07) is 20.6. The number of hydrogen-bond donors (Lipinski definition) is 1. The molecule has 0 aliphatic carbocycles. The van der Waals surface area contributed by atoms with E-state index in [-0.39, 0.29) is 17.6 Å². The zero-order valence-electron chi connectivity index (χ0n) is 13.9. The molecule has 4 heteroatoms. The Hall–Kier alpha value is -2.72. The van der Waals surface area contributed by atoms with Crippen LogP contribution in [0, 0.1) is 0 Å². The number of ketones is 1. The highest BCUT2D eigenvalue weighted by Crippen LogP contribution is 2.19. The van der Waals surface area contributed by atoms with E-state index < -0.39 is 0 Å². The standard InChI is InChI=1S/C21H19NO2S/c1-15(16-8-3-2-4-9-16)14-22-21(24)18-11-6-5-10-17(18)20(23)19-12-7-13-25-19/h2-13,15H,14H2,1H3,(H,22,24)/t15-/m0/s1. The normalized spacial score (nSPS) is 11.7. The minimum atomic E-state index is -0.219. The summed E-state index contributed by atoms with van der Waals surface area (Å²) in [4.78, 5) is 25.9. The maximum atomic E-state index is 12.6. The first-order valence-electron chi connectivity index (χ1n) is 8.17. The smallest absolute Gasteiger partial charge is 0.252 e. The van der Waals surface area contributed by atoms with Crippen LogP contribution in [-0.2, 0) is 0 Å². The molecule has 0 aliphatic heterocycles. The first-order valence-corrected chi connectivity index (χ1v) is 9.05. The van der Waals surface area contributed by atoms with Gasteiger partial charge in [-0.25, -0.2) is 0 Å². The Morgan fingerprint density at radius 1 is 0.920 bits per heavy atom.